The highest BCUT2D eigenvalue weighted by Crippen LogP contribution is 2.17. The van der Waals surface area contributed by atoms with Crippen LogP contribution in [0.3, 0.4) is 0 Å². The Balaban J connectivity index is 1.68. The zero-order valence-electron chi connectivity index (χ0n) is 14.8. The van der Waals surface area contributed by atoms with Crippen molar-refractivity contribution in [3.8, 4) is 0 Å². The third-order valence-corrected chi connectivity index (χ3v) is 4.22. The Kier molecular flexibility index (Phi) is 5.58. The number of carbonyl (C=O) groups excluding carboxylic acids is 1. The first-order valence-corrected chi connectivity index (χ1v) is 8.41. The fourth-order valence-electron chi connectivity index (χ4n) is 2.79. The van der Waals surface area contributed by atoms with Gasteiger partial charge in [0.15, 0.2) is 5.76 Å². The first kappa shape index (κ1) is 18.3. The normalized spacial score (nSPS) is 20.0. The van der Waals surface area contributed by atoms with Crippen LogP contribution in [0.2, 0.25) is 0 Å². The monoisotopic (exact) mass is 363 g/mol. The lowest BCUT2D eigenvalue weighted by Crippen LogP contribution is -3.01. The summed E-state index contributed by atoms with van der Waals surface area (Å²) < 4.78 is 5.04. The average Bonchev–Trinajstić information content (AvgIpc) is 2.68. The van der Waals surface area contributed by atoms with Crippen molar-refractivity contribution in [1.82, 2.24) is 0 Å². The van der Waals surface area contributed by atoms with Crippen LogP contribution >= 0.6 is 0 Å². The number of benzene rings is 1. The van der Waals surface area contributed by atoms with E-state index in [0.29, 0.717) is 17.9 Å². The molecule has 1 heterocycles. The molecule has 6 heteroatoms. The summed E-state index contributed by atoms with van der Waals surface area (Å²) in [5.41, 5.74) is 2.69. The largest absolute Gasteiger partial charge is 0.493 e. The predicted molar refractivity (Wildman–Crippen MR) is 101 cm³/mol. The van der Waals surface area contributed by atoms with Crippen molar-refractivity contribution in [3.63, 3.8) is 0 Å². The molecule has 1 aliphatic heterocycles. The van der Waals surface area contributed by atoms with Crippen LogP contribution in [0, 0.1) is 10.1 Å². The number of para-hydroxylation sites is 1. The molecule has 2 aliphatic rings. The lowest BCUT2D eigenvalue weighted by atomic mass is 10.1. The van der Waals surface area contributed by atoms with Gasteiger partial charge in [-0.3, -0.25) is 19.8 Å². The Hall–Kier alpha value is -3.51. The van der Waals surface area contributed by atoms with Crippen LogP contribution in [0.1, 0.15) is 5.56 Å². The average molecular weight is 363 g/mol. The maximum atomic E-state index is 11.5. The predicted octanol–water partition coefficient (Wildman–Crippen LogP) is 2.54. The second kappa shape index (κ2) is 8.25. The molecule has 27 heavy (non-hydrogen) atoms. The highest BCUT2D eigenvalue weighted by Gasteiger charge is 2.17. The summed E-state index contributed by atoms with van der Waals surface area (Å²) in [5, 5.41) is 11.1. The molecule has 1 aliphatic carbocycles. The van der Waals surface area contributed by atoms with E-state index < -0.39 is 0 Å². The van der Waals surface area contributed by atoms with E-state index in [9.17, 15) is 14.9 Å². The highest BCUT2D eigenvalue weighted by atomic mass is 16.6. The van der Waals surface area contributed by atoms with Gasteiger partial charge < -0.3 is 4.74 Å². The van der Waals surface area contributed by atoms with E-state index >= 15 is 0 Å². The number of nitrogens with one attached hydrogen (secondary N) is 1. The molecule has 0 fully saturated rings. The molecule has 0 atom stereocenters. The van der Waals surface area contributed by atoms with Crippen LogP contribution in [0.15, 0.2) is 96.1 Å². The number of quaternary nitrogens is 1. The summed E-state index contributed by atoms with van der Waals surface area (Å²) in [7, 11) is 1.47. The quantitative estimate of drug-likeness (QED) is 0.644. The molecule has 0 spiro atoms. The van der Waals surface area contributed by atoms with E-state index in [4.69, 9.17) is 4.74 Å². The lowest BCUT2D eigenvalue weighted by molar-refractivity contribution is -0.806. The van der Waals surface area contributed by atoms with Crippen LogP contribution < -0.4 is 4.90 Å². The third kappa shape index (κ3) is 4.56. The van der Waals surface area contributed by atoms with Crippen molar-refractivity contribution >= 4 is 11.5 Å². The van der Waals surface area contributed by atoms with Crippen LogP contribution in [0.5, 0.6) is 0 Å². The minimum Gasteiger partial charge on any atom is -0.493 e. The molecule has 1 N–H and O–H groups in total. The van der Waals surface area contributed by atoms with E-state index in [-0.39, 0.29) is 16.4 Å². The Morgan fingerprint density at radius 1 is 1.07 bits per heavy atom. The van der Waals surface area contributed by atoms with E-state index in [0.717, 1.165) is 16.0 Å². The van der Waals surface area contributed by atoms with Crippen LogP contribution in [0.25, 0.3) is 0 Å². The van der Waals surface area contributed by atoms with Gasteiger partial charge in [-0.1, -0.05) is 30.4 Å². The number of nitrogens with zero attached hydrogens (tertiary/aromatic N) is 1. The molecule has 6 nitrogen and oxygen atoms in total. The standard InChI is InChI=1S/C21H18N2O4/c1-27-21-14-17(8-9-20(21)24)7-6-16-10-12-22(13-11-16)15-18-4-2-3-5-19(18)23(25)26/h2-14H,15H2,1H3/p+1. The topological polar surface area (TPSA) is 73.9 Å². The minimum atomic E-state index is -0.353. The zero-order valence-corrected chi connectivity index (χ0v) is 14.8. The van der Waals surface area contributed by atoms with Crippen LogP contribution in [-0.4, -0.2) is 17.8 Å². The van der Waals surface area contributed by atoms with Gasteiger partial charge in [0.05, 0.1) is 30.0 Å². The second-order valence-corrected chi connectivity index (χ2v) is 6.05. The maximum Gasteiger partial charge on any atom is 0.278 e. The molecule has 0 saturated carbocycles. The van der Waals surface area contributed by atoms with Gasteiger partial charge in [0.1, 0.15) is 6.54 Å². The van der Waals surface area contributed by atoms with Crippen LogP contribution in [-0.2, 0) is 16.1 Å². The molecule has 0 aromatic heterocycles. The number of rotatable bonds is 5. The molecule has 136 valence electrons. The van der Waals surface area contributed by atoms with Gasteiger partial charge in [0, 0.05) is 6.07 Å². The number of methoxy groups -OCH3 is 1. The van der Waals surface area contributed by atoms with Crippen LogP contribution in [0.4, 0.5) is 5.69 Å². The molecule has 1 aromatic rings. The van der Waals surface area contributed by atoms with Crippen molar-refractivity contribution in [3.05, 3.63) is 112 Å². The zero-order chi connectivity index (χ0) is 19.2. The van der Waals surface area contributed by atoms with Crippen molar-refractivity contribution in [2.75, 3.05) is 7.11 Å². The summed E-state index contributed by atoms with van der Waals surface area (Å²) in [6.07, 6.45) is 16.6. The number of hydrogen-bond acceptors (Lipinski definition) is 4. The van der Waals surface area contributed by atoms with E-state index in [1.54, 1.807) is 30.4 Å². The minimum absolute atomic E-state index is 0.136. The number of allylic oxidation sites excluding steroid dienone is 9. The number of ketones is 1. The molecule has 3 rings (SSSR count). The third-order valence-electron chi connectivity index (χ3n) is 4.22. The summed E-state index contributed by atoms with van der Waals surface area (Å²) in [6, 6.07) is 6.78. The fraction of sp³-hybridized carbons (Fsp3) is 0.0952. The van der Waals surface area contributed by atoms with Crippen molar-refractivity contribution < 1.29 is 19.4 Å². The Labute approximate surface area is 156 Å². The number of ether oxygens (including phenoxy) is 1. The molecule has 1 aromatic carbocycles. The summed E-state index contributed by atoms with van der Waals surface area (Å²) in [5.74, 6) is 0.172. The van der Waals surface area contributed by atoms with E-state index in [2.05, 4.69) is 0 Å². The summed E-state index contributed by atoms with van der Waals surface area (Å²) in [6.45, 7) is 0.503. The molecule has 0 unspecified atom stereocenters. The van der Waals surface area contributed by atoms with Crippen molar-refractivity contribution in [2.45, 2.75) is 6.54 Å². The molecular formula is C21H19N2O4+. The van der Waals surface area contributed by atoms with Gasteiger partial charge in [0.2, 0.25) is 5.78 Å². The van der Waals surface area contributed by atoms with Gasteiger partial charge in [-0.25, -0.2) is 0 Å². The van der Waals surface area contributed by atoms with Gasteiger partial charge in [0.25, 0.3) is 5.69 Å². The smallest absolute Gasteiger partial charge is 0.278 e. The van der Waals surface area contributed by atoms with Gasteiger partial charge in [-0.05, 0) is 41.5 Å². The molecular weight excluding hydrogens is 344 g/mol. The molecule has 0 amide bonds. The fourth-order valence-corrected chi connectivity index (χ4v) is 2.79. The van der Waals surface area contributed by atoms with Gasteiger partial charge in [-0.15, -0.1) is 0 Å². The Morgan fingerprint density at radius 3 is 2.48 bits per heavy atom. The van der Waals surface area contributed by atoms with Gasteiger partial charge in [-0.2, -0.15) is 0 Å². The van der Waals surface area contributed by atoms with Crippen molar-refractivity contribution in [1.29, 1.82) is 0 Å². The first-order chi connectivity index (χ1) is 13.1. The number of carbonyl (C=O) groups is 1. The number of hydrogen-bond donors (Lipinski definition) is 1. The number of nitro benzene ring substituents is 1. The molecule has 0 saturated heterocycles. The number of nitro groups is 1. The SMILES string of the molecule is COC1=CC(=CC=C2C=C[NH+](Cc3ccccc3[N+](=O)[O-])C=C2)C=CC1=O. The Bertz CT molecular complexity index is 933. The van der Waals surface area contributed by atoms with Gasteiger partial charge >= 0.3 is 0 Å². The van der Waals surface area contributed by atoms with E-state index in [1.807, 2.05) is 36.7 Å². The molecule has 0 bridgehead atoms. The summed E-state index contributed by atoms with van der Waals surface area (Å²) in [4.78, 5) is 23.3. The second-order valence-electron chi connectivity index (χ2n) is 6.05. The maximum absolute atomic E-state index is 11.5. The summed E-state index contributed by atoms with van der Waals surface area (Å²) >= 11 is 0. The van der Waals surface area contributed by atoms with E-state index in [1.165, 1.54) is 19.3 Å². The molecule has 0 radical (unpaired) electrons. The lowest BCUT2D eigenvalue weighted by Gasteiger charge is -2.13. The van der Waals surface area contributed by atoms with Crippen molar-refractivity contribution in [2.24, 2.45) is 0 Å². The Morgan fingerprint density at radius 2 is 1.78 bits per heavy atom. The highest BCUT2D eigenvalue weighted by molar-refractivity contribution is 6.04. The first-order valence-electron chi connectivity index (χ1n) is 8.41.